The van der Waals surface area contributed by atoms with Crippen LogP contribution in [-0.2, 0) is 6.54 Å². The maximum Gasteiger partial charge on any atom is 0.146 e. The normalized spacial score (nSPS) is 10.0. The van der Waals surface area contributed by atoms with Gasteiger partial charge < -0.3 is 5.32 Å². The van der Waals surface area contributed by atoms with Crippen LogP contribution in [0.5, 0.6) is 0 Å². The maximum absolute atomic E-state index is 13.5. The molecule has 0 atom stereocenters. The Morgan fingerprint density at radius 1 is 1.00 bits per heavy atom. The third-order valence-electron chi connectivity index (χ3n) is 2.57. The molecule has 0 saturated heterocycles. The van der Waals surface area contributed by atoms with Crippen LogP contribution in [0.25, 0.3) is 0 Å². The molecule has 96 valence electrons. The molecule has 0 spiro atoms. The Morgan fingerprint density at radius 3 is 2.47 bits per heavy atom. The van der Waals surface area contributed by atoms with Gasteiger partial charge in [-0.05, 0) is 36.4 Å². The number of rotatable bonds is 3. The van der Waals surface area contributed by atoms with E-state index in [2.05, 4.69) is 5.32 Å². The number of nitriles is 1. The van der Waals surface area contributed by atoms with Crippen LogP contribution in [0.15, 0.2) is 36.4 Å². The topological polar surface area (TPSA) is 35.8 Å². The van der Waals surface area contributed by atoms with Crippen molar-refractivity contribution in [2.24, 2.45) is 0 Å². The van der Waals surface area contributed by atoms with Gasteiger partial charge in [-0.25, -0.2) is 13.2 Å². The van der Waals surface area contributed by atoms with Crippen molar-refractivity contribution in [3.05, 3.63) is 65.0 Å². The summed E-state index contributed by atoms with van der Waals surface area (Å²) >= 11 is 0. The Balaban J connectivity index is 2.19. The molecule has 0 aliphatic rings. The fraction of sp³-hybridized carbons (Fsp3) is 0.0714. The van der Waals surface area contributed by atoms with Crippen molar-refractivity contribution in [3.63, 3.8) is 0 Å². The van der Waals surface area contributed by atoms with Gasteiger partial charge in [-0.3, -0.25) is 0 Å². The third-order valence-corrected chi connectivity index (χ3v) is 2.57. The Kier molecular flexibility index (Phi) is 3.71. The van der Waals surface area contributed by atoms with Crippen LogP contribution in [0.3, 0.4) is 0 Å². The van der Waals surface area contributed by atoms with Crippen LogP contribution in [0, 0.1) is 28.8 Å². The van der Waals surface area contributed by atoms with Crippen LogP contribution in [0.4, 0.5) is 18.9 Å². The molecule has 0 aromatic heterocycles. The van der Waals surface area contributed by atoms with E-state index in [1.165, 1.54) is 12.1 Å². The SMILES string of the molecule is N#Cc1ccc(F)c(CNc2cc(F)ccc2F)c1. The van der Waals surface area contributed by atoms with Gasteiger partial charge in [-0.1, -0.05) is 0 Å². The second-order valence-electron chi connectivity index (χ2n) is 3.90. The predicted octanol–water partition coefficient (Wildman–Crippen LogP) is 3.59. The lowest BCUT2D eigenvalue weighted by atomic mass is 10.1. The van der Waals surface area contributed by atoms with E-state index in [0.717, 1.165) is 24.3 Å². The van der Waals surface area contributed by atoms with E-state index in [-0.39, 0.29) is 17.8 Å². The van der Waals surface area contributed by atoms with Crippen LogP contribution < -0.4 is 5.32 Å². The lowest BCUT2D eigenvalue weighted by molar-refractivity contribution is 0.599. The number of anilines is 1. The van der Waals surface area contributed by atoms with E-state index in [0.29, 0.717) is 5.56 Å². The Morgan fingerprint density at radius 2 is 1.74 bits per heavy atom. The number of benzene rings is 2. The lowest BCUT2D eigenvalue weighted by Gasteiger charge is -2.09. The summed E-state index contributed by atoms with van der Waals surface area (Å²) in [6, 6.07) is 8.73. The molecule has 0 amide bonds. The summed E-state index contributed by atoms with van der Waals surface area (Å²) in [5, 5.41) is 11.3. The third kappa shape index (κ3) is 3.05. The molecule has 0 radical (unpaired) electrons. The Bertz CT molecular complexity index is 648. The van der Waals surface area contributed by atoms with E-state index in [1.54, 1.807) is 0 Å². The molecule has 0 aliphatic carbocycles. The van der Waals surface area contributed by atoms with E-state index in [9.17, 15) is 13.2 Å². The first-order valence-electron chi connectivity index (χ1n) is 5.47. The number of halogens is 3. The smallest absolute Gasteiger partial charge is 0.146 e. The first-order valence-corrected chi connectivity index (χ1v) is 5.47. The predicted molar refractivity (Wildman–Crippen MR) is 64.8 cm³/mol. The van der Waals surface area contributed by atoms with Gasteiger partial charge in [0.05, 0.1) is 17.3 Å². The molecule has 5 heteroatoms. The molecule has 0 unspecified atom stereocenters. The summed E-state index contributed by atoms with van der Waals surface area (Å²) in [5.41, 5.74) is 0.461. The minimum atomic E-state index is -0.627. The average Bonchev–Trinajstić information content (AvgIpc) is 2.41. The Hall–Kier alpha value is -2.48. The first-order chi connectivity index (χ1) is 9.10. The minimum Gasteiger partial charge on any atom is -0.378 e. The minimum absolute atomic E-state index is 0.0400. The highest BCUT2D eigenvalue weighted by atomic mass is 19.1. The van der Waals surface area contributed by atoms with E-state index < -0.39 is 17.5 Å². The summed E-state index contributed by atoms with van der Waals surface area (Å²) in [6.07, 6.45) is 0. The molecule has 1 N–H and O–H groups in total. The van der Waals surface area contributed by atoms with Crippen molar-refractivity contribution in [2.75, 3.05) is 5.32 Å². The van der Waals surface area contributed by atoms with E-state index in [4.69, 9.17) is 5.26 Å². The van der Waals surface area contributed by atoms with Crippen molar-refractivity contribution >= 4 is 5.69 Å². The molecular formula is C14H9F3N2. The quantitative estimate of drug-likeness (QED) is 0.917. The summed E-state index contributed by atoms with van der Waals surface area (Å²) in [7, 11) is 0. The van der Waals surface area contributed by atoms with Gasteiger partial charge in [0.15, 0.2) is 0 Å². The summed E-state index contributed by atoms with van der Waals surface area (Å²) in [6.45, 7) is -0.0400. The van der Waals surface area contributed by atoms with Crippen molar-refractivity contribution in [3.8, 4) is 6.07 Å². The van der Waals surface area contributed by atoms with Crippen LogP contribution in [0.1, 0.15) is 11.1 Å². The second-order valence-corrected chi connectivity index (χ2v) is 3.90. The summed E-state index contributed by atoms with van der Waals surface area (Å²) in [4.78, 5) is 0. The fourth-order valence-electron chi connectivity index (χ4n) is 1.60. The summed E-state index contributed by atoms with van der Waals surface area (Å²) in [5.74, 6) is -1.73. The van der Waals surface area contributed by atoms with E-state index >= 15 is 0 Å². The van der Waals surface area contributed by atoms with Gasteiger partial charge in [0.25, 0.3) is 0 Å². The van der Waals surface area contributed by atoms with Crippen LogP contribution in [0.2, 0.25) is 0 Å². The van der Waals surface area contributed by atoms with Gasteiger partial charge in [-0.15, -0.1) is 0 Å². The molecule has 0 bridgehead atoms. The number of hydrogen-bond acceptors (Lipinski definition) is 2. The molecule has 2 rings (SSSR count). The maximum atomic E-state index is 13.5. The fourth-order valence-corrected chi connectivity index (χ4v) is 1.60. The van der Waals surface area contributed by atoms with Gasteiger partial charge in [0.2, 0.25) is 0 Å². The second kappa shape index (κ2) is 5.44. The number of nitrogens with zero attached hydrogens (tertiary/aromatic N) is 1. The standard InChI is InChI=1S/C14H9F3N2/c15-11-2-4-13(17)14(6-11)19-8-10-5-9(7-18)1-3-12(10)16/h1-6,19H,8H2. The largest absolute Gasteiger partial charge is 0.378 e. The molecule has 0 heterocycles. The molecule has 0 aliphatic heterocycles. The molecule has 2 aromatic rings. The van der Waals surface area contributed by atoms with Crippen molar-refractivity contribution < 1.29 is 13.2 Å². The highest BCUT2D eigenvalue weighted by Gasteiger charge is 2.07. The van der Waals surface area contributed by atoms with Crippen molar-refractivity contribution in [1.29, 1.82) is 5.26 Å². The average molecular weight is 262 g/mol. The molecule has 0 saturated carbocycles. The van der Waals surface area contributed by atoms with Gasteiger partial charge in [-0.2, -0.15) is 5.26 Å². The lowest BCUT2D eigenvalue weighted by Crippen LogP contribution is -2.04. The molecule has 2 aromatic carbocycles. The zero-order chi connectivity index (χ0) is 13.8. The Labute approximate surface area is 108 Å². The van der Waals surface area contributed by atoms with Gasteiger partial charge >= 0.3 is 0 Å². The molecule has 0 fully saturated rings. The molecular weight excluding hydrogens is 253 g/mol. The highest BCUT2D eigenvalue weighted by Crippen LogP contribution is 2.17. The number of nitrogens with one attached hydrogen (secondary N) is 1. The zero-order valence-corrected chi connectivity index (χ0v) is 9.75. The van der Waals surface area contributed by atoms with Crippen LogP contribution >= 0.6 is 0 Å². The van der Waals surface area contributed by atoms with Gasteiger partial charge in [0.1, 0.15) is 17.5 Å². The first kappa shape index (κ1) is 13.0. The molecule has 19 heavy (non-hydrogen) atoms. The van der Waals surface area contributed by atoms with Crippen LogP contribution in [-0.4, -0.2) is 0 Å². The molecule has 2 nitrogen and oxygen atoms in total. The van der Waals surface area contributed by atoms with E-state index in [1.807, 2.05) is 6.07 Å². The summed E-state index contributed by atoms with van der Waals surface area (Å²) < 4.78 is 39.8. The zero-order valence-electron chi connectivity index (χ0n) is 9.75. The number of hydrogen-bond donors (Lipinski definition) is 1. The van der Waals surface area contributed by atoms with Crippen molar-refractivity contribution in [1.82, 2.24) is 0 Å². The highest BCUT2D eigenvalue weighted by molar-refractivity contribution is 5.46. The monoisotopic (exact) mass is 262 g/mol. The van der Waals surface area contributed by atoms with Gasteiger partial charge in [0, 0.05) is 12.1 Å². The van der Waals surface area contributed by atoms with Crippen molar-refractivity contribution in [2.45, 2.75) is 6.54 Å².